The lowest BCUT2D eigenvalue weighted by Gasteiger charge is -2.11. The maximum atomic E-state index is 11.1. The molecule has 0 spiro atoms. The lowest BCUT2D eigenvalue weighted by atomic mass is 10.2. The van der Waals surface area contributed by atoms with Gasteiger partial charge in [0, 0.05) is 18.8 Å². The molecule has 4 rings (SSSR count). The average Bonchev–Trinajstić information content (AvgIpc) is 3.10. The third-order valence-corrected chi connectivity index (χ3v) is 4.65. The highest BCUT2D eigenvalue weighted by molar-refractivity contribution is 5.83. The zero-order chi connectivity index (χ0) is 21.3. The molecule has 8 heteroatoms. The molecule has 0 aliphatic rings. The maximum absolute atomic E-state index is 11.1. The van der Waals surface area contributed by atoms with E-state index in [2.05, 4.69) is 16.0 Å². The number of imidazole rings is 1. The van der Waals surface area contributed by atoms with Crippen LogP contribution in [0.2, 0.25) is 0 Å². The molecule has 4 aromatic rings. The standard InChI is InChI=1S/C22H18N6O2/c1-13-10-18-22(27-19(13)11-23)28(21(26-18)17-4-3-9-25-20(17)24)16-7-5-15(6-8-16)12-30-14(2)29/h3-10H,12H2,1-2H3,(H2,24,25). The number of fused-ring (bicyclic) bond motifs is 1. The fourth-order valence-electron chi connectivity index (χ4n) is 3.17. The molecule has 30 heavy (non-hydrogen) atoms. The first-order chi connectivity index (χ1) is 14.5. The topological polar surface area (TPSA) is 120 Å². The number of carbonyl (C=O) groups excluding carboxylic acids is 1. The van der Waals surface area contributed by atoms with Crippen LogP contribution in [0, 0.1) is 18.3 Å². The number of esters is 1. The van der Waals surface area contributed by atoms with Crippen molar-refractivity contribution in [3.8, 4) is 23.1 Å². The lowest BCUT2D eigenvalue weighted by Crippen LogP contribution is -2.03. The number of hydrogen-bond donors (Lipinski definition) is 1. The Bertz CT molecular complexity index is 1300. The van der Waals surface area contributed by atoms with Crippen molar-refractivity contribution in [1.82, 2.24) is 19.5 Å². The number of pyridine rings is 2. The number of benzene rings is 1. The second kappa shape index (κ2) is 7.64. The largest absolute Gasteiger partial charge is 0.461 e. The summed E-state index contributed by atoms with van der Waals surface area (Å²) in [5.74, 6) is 0.584. The van der Waals surface area contributed by atoms with Crippen molar-refractivity contribution in [2.45, 2.75) is 20.5 Å². The number of nitriles is 1. The van der Waals surface area contributed by atoms with E-state index in [0.29, 0.717) is 34.1 Å². The van der Waals surface area contributed by atoms with Crippen LogP contribution in [-0.4, -0.2) is 25.5 Å². The number of ether oxygens (including phenoxy) is 1. The summed E-state index contributed by atoms with van der Waals surface area (Å²) in [5, 5.41) is 9.43. The van der Waals surface area contributed by atoms with Gasteiger partial charge in [-0.25, -0.2) is 15.0 Å². The average molecular weight is 398 g/mol. The molecule has 0 bridgehead atoms. The minimum atomic E-state index is -0.336. The minimum absolute atomic E-state index is 0.193. The second-order valence-electron chi connectivity index (χ2n) is 6.76. The van der Waals surface area contributed by atoms with Crippen LogP contribution in [0.3, 0.4) is 0 Å². The van der Waals surface area contributed by atoms with Crippen LogP contribution in [-0.2, 0) is 16.1 Å². The fraction of sp³-hybridized carbons (Fsp3) is 0.136. The molecule has 148 valence electrons. The highest BCUT2D eigenvalue weighted by Crippen LogP contribution is 2.31. The van der Waals surface area contributed by atoms with Crippen LogP contribution in [0.25, 0.3) is 28.2 Å². The molecule has 0 radical (unpaired) electrons. The van der Waals surface area contributed by atoms with Crippen molar-refractivity contribution in [2.24, 2.45) is 0 Å². The molecule has 3 heterocycles. The van der Waals surface area contributed by atoms with Gasteiger partial charge in [-0.05, 0) is 48.4 Å². The molecule has 0 aliphatic heterocycles. The van der Waals surface area contributed by atoms with E-state index in [0.717, 1.165) is 16.8 Å². The Labute approximate surface area is 172 Å². The highest BCUT2D eigenvalue weighted by Gasteiger charge is 2.19. The van der Waals surface area contributed by atoms with Gasteiger partial charge in [0.05, 0.1) is 5.56 Å². The van der Waals surface area contributed by atoms with E-state index < -0.39 is 0 Å². The van der Waals surface area contributed by atoms with Crippen molar-refractivity contribution in [1.29, 1.82) is 5.26 Å². The summed E-state index contributed by atoms with van der Waals surface area (Å²) >= 11 is 0. The van der Waals surface area contributed by atoms with E-state index in [1.165, 1.54) is 6.92 Å². The van der Waals surface area contributed by atoms with Gasteiger partial charge in [-0.2, -0.15) is 5.26 Å². The molecule has 3 aromatic heterocycles. The van der Waals surface area contributed by atoms with E-state index in [4.69, 9.17) is 15.5 Å². The van der Waals surface area contributed by atoms with Crippen molar-refractivity contribution in [3.05, 3.63) is 65.5 Å². The monoisotopic (exact) mass is 398 g/mol. The van der Waals surface area contributed by atoms with E-state index in [1.54, 1.807) is 12.3 Å². The Morgan fingerprint density at radius 1 is 1.23 bits per heavy atom. The zero-order valence-electron chi connectivity index (χ0n) is 16.5. The third-order valence-electron chi connectivity index (χ3n) is 4.65. The van der Waals surface area contributed by atoms with Gasteiger partial charge >= 0.3 is 5.97 Å². The Morgan fingerprint density at radius 3 is 2.67 bits per heavy atom. The number of aryl methyl sites for hydroxylation is 1. The smallest absolute Gasteiger partial charge is 0.302 e. The molecular weight excluding hydrogens is 380 g/mol. The molecule has 1 aromatic carbocycles. The Hall–Kier alpha value is -4.25. The van der Waals surface area contributed by atoms with Gasteiger partial charge in [0.2, 0.25) is 0 Å². The van der Waals surface area contributed by atoms with Gasteiger partial charge in [0.15, 0.2) is 11.5 Å². The normalized spacial score (nSPS) is 10.7. The van der Waals surface area contributed by atoms with E-state index in [1.807, 2.05) is 47.9 Å². The summed E-state index contributed by atoms with van der Waals surface area (Å²) in [7, 11) is 0. The molecule has 8 nitrogen and oxygen atoms in total. The van der Waals surface area contributed by atoms with Crippen LogP contribution >= 0.6 is 0 Å². The van der Waals surface area contributed by atoms with Crippen LogP contribution in [0.1, 0.15) is 23.7 Å². The van der Waals surface area contributed by atoms with Crippen molar-refractivity contribution >= 4 is 23.0 Å². The van der Waals surface area contributed by atoms with Crippen molar-refractivity contribution in [2.75, 3.05) is 5.73 Å². The van der Waals surface area contributed by atoms with E-state index in [-0.39, 0.29) is 12.6 Å². The van der Waals surface area contributed by atoms with Crippen molar-refractivity contribution in [3.63, 3.8) is 0 Å². The molecular formula is C22H18N6O2. The van der Waals surface area contributed by atoms with Crippen LogP contribution in [0.4, 0.5) is 5.82 Å². The number of nitrogens with two attached hydrogens (primary N) is 1. The number of hydrogen-bond acceptors (Lipinski definition) is 7. The number of rotatable bonds is 4. The summed E-state index contributed by atoms with van der Waals surface area (Å²) in [4.78, 5) is 24.5. The fourth-order valence-corrected chi connectivity index (χ4v) is 3.17. The lowest BCUT2D eigenvalue weighted by molar-refractivity contribution is -0.142. The molecule has 0 aliphatic carbocycles. The molecule has 0 atom stereocenters. The number of carbonyl (C=O) groups is 1. The first kappa shape index (κ1) is 19.1. The first-order valence-electron chi connectivity index (χ1n) is 9.21. The summed E-state index contributed by atoms with van der Waals surface area (Å²) in [6.45, 7) is 3.39. The van der Waals surface area contributed by atoms with Crippen LogP contribution < -0.4 is 5.73 Å². The molecule has 0 saturated heterocycles. The van der Waals surface area contributed by atoms with Gasteiger partial charge < -0.3 is 10.5 Å². The quantitative estimate of drug-likeness (QED) is 0.524. The van der Waals surface area contributed by atoms with Crippen molar-refractivity contribution < 1.29 is 9.53 Å². The van der Waals surface area contributed by atoms with Gasteiger partial charge in [0.25, 0.3) is 0 Å². The van der Waals surface area contributed by atoms with Gasteiger partial charge in [-0.15, -0.1) is 0 Å². The third kappa shape index (κ3) is 3.44. The number of anilines is 1. The number of aromatic nitrogens is 4. The molecule has 0 saturated carbocycles. The predicted molar refractivity (Wildman–Crippen MR) is 111 cm³/mol. The molecule has 0 fully saturated rings. The van der Waals surface area contributed by atoms with Crippen LogP contribution in [0.15, 0.2) is 48.7 Å². The molecule has 0 amide bonds. The number of nitrogen functional groups attached to an aromatic ring is 1. The van der Waals surface area contributed by atoms with Gasteiger partial charge in [-0.1, -0.05) is 12.1 Å². The Morgan fingerprint density at radius 2 is 2.00 bits per heavy atom. The summed E-state index contributed by atoms with van der Waals surface area (Å²) in [6, 6.07) is 15.1. The second-order valence-corrected chi connectivity index (χ2v) is 6.76. The minimum Gasteiger partial charge on any atom is -0.461 e. The summed E-state index contributed by atoms with van der Waals surface area (Å²) < 4.78 is 6.90. The number of nitrogens with zero attached hydrogens (tertiary/aromatic N) is 5. The summed E-state index contributed by atoms with van der Waals surface area (Å²) in [5.41, 5.74) is 10.7. The SMILES string of the molecule is CC(=O)OCc1ccc(-n2c(-c3cccnc3N)nc3cc(C)c(C#N)nc32)cc1. The van der Waals surface area contributed by atoms with E-state index >= 15 is 0 Å². The maximum Gasteiger partial charge on any atom is 0.302 e. The summed E-state index contributed by atoms with van der Waals surface area (Å²) in [6.07, 6.45) is 1.62. The Kier molecular flexibility index (Phi) is 4.86. The van der Waals surface area contributed by atoms with Gasteiger partial charge in [-0.3, -0.25) is 9.36 Å². The molecule has 0 unspecified atom stereocenters. The van der Waals surface area contributed by atoms with Gasteiger partial charge in [0.1, 0.15) is 29.7 Å². The van der Waals surface area contributed by atoms with Crippen LogP contribution in [0.5, 0.6) is 0 Å². The Balaban J connectivity index is 1.92. The zero-order valence-corrected chi connectivity index (χ0v) is 16.5. The predicted octanol–water partition coefficient (Wildman–Crippen LogP) is 3.31. The highest BCUT2D eigenvalue weighted by atomic mass is 16.5. The molecule has 2 N–H and O–H groups in total. The van der Waals surface area contributed by atoms with E-state index in [9.17, 15) is 10.1 Å². The first-order valence-corrected chi connectivity index (χ1v) is 9.21.